The van der Waals surface area contributed by atoms with Gasteiger partial charge in [0.15, 0.2) is 5.96 Å². The Kier molecular flexibility index (Phi) is 7.44. The third-order valence-electron chi connectivity index (χ3n) is 4.28. The third-order valence-corrected chi connectivity index (χ3v) is 4.28. The largest absolute Gasteiger partial charge is 0.494 e. The minimum absolute atomic E-state index is 0.238. The Morgan fingerprint density at radius 2 is 1.93 bits per heavy atom. The van der Waals surface area contributed by atoms with Crippen molar-refractivity contribution in [1.29, 1.82) is 5.41 Å². The van der Waals surface area contributed by atoms with E-state index in [9.17, 15) is 4.79 Å². The van der Waals surface area contributed by atoms with Gasteiger partial charge in [0.2, 0.25) is 5.91 Å². The van der Waals surface area contributed by atoms with Crippen LogP contribution in [0, 0.1) is 5.41 Å². The molecule has 27 heavy (non-hydrogen) atoms. The fourth-order valence-corrected chi connectivity index (χ4v) is 2.73. The fourth-order valence-electron chi connectivity index (χ4n) is 2.73. The van der Waals surface area contributed by atoms with Gasteiger partial charge in [-0.25, -0.2) is 0 Å². The molecule has 0 saturated carbocycles. The van der Waals surface area contributed by atoms with Gasteiger partial charge in [-0.3, -0.25) is 15.1 Å². The minimum Gasteiger partial charge on any atom is -0.494 e. The van der Waals surface area contributed by atoms with Crippen LogP contribution in [0.2, 0.25) is 0 Å². The molecule has 9 nitrogen and oxygen atoms in total. The number of carbonyl (C=O) groups excluding carboxylic acids is 1. The second kappa shape index (κ2) is 9.79. The Morgan fingerprint density at radius 3 is 2.52 bits per heavy atom. The van der Waals surface area contributed by atoms with Crippen molar-refractivity contribution in [3.05, 3.63) is 24.8 Å². The van der Waals surface area contributed by atoms with Crippen molar-refractivity contribution in [2.75, 3.05) is 64.1 Å². The second-order valence-corrected chi connectivity index (χ2v) is 6.27. The number of rotatable bonds is 8. The maximum absolute atomic E-state index is 11.8. The summed E-state index contributed by atoms with van der Waals surface area (Å²) in [5, 5.41) is 12.8. The smallest absolute Gasteiger partial charge is 0.247 e. The van der Waals surface area contributed by atoms with E-state index < -0.39 is 0 Å². The first kappa shape index (κ1) is 20.5. The van der Waals surface area contributed by atoms with Crippen LogP contribution < -0.4 is 25.8 Å². The number of carbonyl (C=O) groups is 1. The van der Waals surface area contributed by atoms with Crippen molar-refractivity contribution < 1.29 is 14.3 Å². The highest BCUT2D eigenvalue weighted by molar-refractivity contribution is 6.01. The standard InChI is InChI=1S/C18H28N6O3/c1-4-17(25)21-14-11-13(22-18(19)20)15(26-3)12-16(14)27-10-9-24-7-5-23(2)6-8-24/h4,11-12H,1,5-10H2,2-3H3,(H,21,25)(H4,19,20,22). The van der Waals surface area contributed by atoms with Gasteiger partial charge in [0.1, 0.15) is 18.1 Å². The minimum atomic E-state index is -0.363. The molecule has 0 unspecified atom stereocenters. The summed E-state index contributed by atoms with van der Waals surface area (Å²) in [6, 6.07) is 3.28. The SMILES string of the molecule is C=CC(=O)Nc1cc(NC(=N)N)c(OC)cc1OCCN1CCN(C)CC1. The number of amides is 1. The number of anilines is 2. The molecular weight excluding hydrogens is 348 g/mol. The molecule has 2 rings (SSSR count). The van der Waals surface area contributed by atoms with E-state index in [0.717, 1.165) is 32.7 Å². The van der Waals surface area contributed by atoms with Crippen LogP contribution in [0.5, 0.6) is 11.5 Å². The quantitative estimate of drug-likeness (QED) is 0.301. The zero-order chi connectivity index (χ0) is 19.8. The number of piperazine rings is 1. The molecule has 1 heterocycles. The number of nitrogens with one attached hydrogen (secondary N) is 3. The van der Waals surface area contributed by atoms with Crippen LogP contribution in [0.4, 0.5) is 11.4 Å². The summed E-state index contributed by atoms with van der Waals surface area (Å²) in [6.45, 7) is 8.82. The van der Waals surface area contributed by atoms with E-state index >= 15 is 0 Å². The lowest BCUT2D eigenvalue weighted by Crippen LogP contribution is -2.45. The lowest BCUT2D eigenvalue weighted by molar-refractivity contribution is -0.111. The molecule has 0 aromatic heterocycles. The summed E-state index contributed by atoms with van der Waals surface area (Å²) in [6.07, 6.45) is 1.18. The van der Waals surface area contributed by atoms with E-state index in [1.54, 1.807) is 12.1 Å². The van der Waals surface area contributed by atoms with Gasteiger partial charge in [0.05, 0.1) is 18.5 Å². The highest BCUT2D eigenvalue weighted by Crippen LogP contribution is 2.36. The molecule has 0 atom stereocenters. The maximum atomic E-state index is 11.8. The average Bonchev–Trinajstić information content (AvgIpc) is 2.64. The number of methoxy groups -OCH3 is 1. The van der Waals surface area contributed by atoms with E-state index in [-0.39, 0.29) is 11.9 Å². The Bertz CT molecular complexity index is 686. The van der Waals surface area contributed by atoms with Crippen LogP contribution in [0.1, 0.15) is 0 Å². The van der Waals surface area contributed by atoms with Gasteiger partial charge in [-0.2, -0.15) is 0 Å². The Balaban J connectivity index is 2.12. The van der Waals surface area contributed by atoms with Crippen LogP contribution in [-0.2, 0) is 4.79 Å². The summed E-state index contributed by atoms with van der Waals surface area (Å²) >= 11 is 0. The zero-order valence-corrected chi connectivity index (χ0v) is 15.9. The molecule has 1 aliphatic heterocycles. The first-order chi connectivity index (χ1) is 12.9. The molecule has 1 aliphatic rings. The number of likely N-dealkylation sites (N-methyl/N-ethyl adjacent to an activating group) is 1. The van der Waals surface area contributed by atoms with Crippen molar-refractivity contribution in [1.82, 2.24) is 9.80 Å². The number of hydrogen-bond acceptors (Lipinski definition) is 6. The zero-order valence-electron chi connectivity index (χ0n) is 15.9. The molecule has 0 spiro atoms. The maximum Gasteiger partial charge on any atom is 0.247 e. The average molecular weight is 376 g/mol. The lowest BCUT2D eigenvalue weighted by atomic mass is 10.2. The molecule has 148 valence electrons. The molecule has 0 bridgehead atoms. The van der Waals surface area contributed by atoms with Crippen LogP contribution >= 0.6 is 0 Å². The molecule has 1 fully saturated rings. The lowest BCUT2D eigenvalue weighted by Gasteiger charge is -2.32. The van der Waals surface area contributed by atoms with Crippen molar-refractivity contribution >= 4 is 23.2 Å². The number of nitrogens with zero attached hydrogens (tertiary/aromatic N) is 2. The molecule has 1 aromatic carbocycles. The van der Waals surface area contributed by atoms with E-state index in [2.05, 4.69) is 34.1 Å². The van der Waals surface area contributed by atoms with Crippen LogP contribution in [0.25, 0.3) is 0 Å². The third kappa shape index (κ3) is 6.15. The molecular formula is C18H28N6O3. The number of guanidine groups is 1. The predicted octanol–water partition coefficient (Wildman–Crippen LogP) is 0.751. The van der Waals surface area contributed by atoms with Gasteiger partial charge < -0.3 is 30.7 Å². The van der Waals surface area contributed by atoms with Crippen molar-refractivity contribution in [3.63, 3.8) is 0 Å². The second-order valence-electron chi connectivity index (χ2n) is 6.27. The molecule has 1 saturated heterocycles. The molecule has 9 heteroatoms. The van der Waals surface area contributed by atoms with Crippen molar-refractivity contribution in [2.45, 2.75) is 0 Å². The highest BCUT2D eigenvalue weighted by Gasteiger charge is 2.16. The topological polar surface area (TPSA) is 116 Å². The van der Waals surface area contributed by atoms with Crippen LogP contribution in [-0.4, -0.2) is 75.2 Å². The van der Waals surface area contributed by atoms with E-state index in [1.165, 1.54) is 13.2 Å². The first-order valence-electron chi connectivity index (χ1n) is 8.73. The summed E-state index contributed by atoms with van der Waals surface area (Å²) < 4.78 is 11.3. The number of benzene rings is 1. The fraction of sp³-hybridized carbons (Fsp3) is 0.444. The Morgan fingerprint density at radius 1 is 1.26 bits per heavy atom. The Hall–Kier alpha value is -2.78. The van der Waals surface area contributed by atoms with Crippen molar-refractivity contribution in [2.24, 2.45) is 5.73 Å². The van der Waals surface area contributed by atoms with E-state index in [0.29, 0.717) is 29.5 Å². The van der Waals surface area contributed by atoms with Gasteiger partial charge in [-0.05, 0) is 19.2 Å². The van der Waals surface area contributed by atoms with Crippen LogP contribution in [0.3, 0.4) is 0 Å². The van der Waals surface area contributed by atoms with Gasteiger partial charge in [-0.1, -0.05) is 6.58 Å². The molecule has 0 radical (unpaired) electrons. The highest BCUT2D eigenvalue weighted by atomic mass is 16.5. The van der Waals surface area contributed by atoms with Gasteiger partial charge >= 0.3 is 0 Å². The van der Waals surface area contributed by atoms with E-state index in [1.807, 2.05) is 0 Å². The van der Waals surface area contributed by atoms with Gasteiger partial charge in [0.25, 0.3) is 0 Å². The summed E-state index contributed by atoms with van der Waals surface area (Å²) in [4.78, 5) is 16.4. The number of nitrogens with two attached hydrogens (primary N) is 1. The van der Waals surface area contributed by atoms with Crippen LogP contribution in [0.15, 0.2) is 24.8 Å². The summed E-state index contributed by atoms with van der Waals surface area (Å²) in [5.41, 5.74) is 6.31. The summed E-state index contributed by atoms with van der Waals surface area (Å²) in [5.74, 6) is 0.331. The predicted molar refractivity (Wildman–Crippen MR) is 107 cm³/mol. The monoisotopic (exact) mass is 376 g/mol. The van der Waals surface area contributed by atoms with E-state index in [4.69, 9.17) is 20.6 Å². The Labute approximate surface area is 159 Å². The molecule has 5 N–H and O–H groups in total. The molecule has 0 aliphatic carbocycles. The van der Waals surface area contributed by atoms with Gasteiger partial charge in [0, 0.05) is 38.8 Å². The molecule has 1 aromatic rings. The molecule has 1 amide bonds. The number of ether oxygens (including phenoxy) is 2. The first-order valence-corrected chi connectivity index (χ1v) is 8.73. The van der Waals surface area contributed by atoms with Crippen molar-refractivity contribution in [3.8, 4) is 11.5 Å². The normalized spacial score (nSPS) is 15.0. The number of hydrogen-bond donors (Lipinski definition) is 4. The summed E-state index contributed by atoms with van der Waals surface area (Å²) in [7, 11) is 3.63. The van der Waals surface area contributed by atoms with Gasteiger partial charge in [-0.15, -0.1) is 0 Å².